The summed E-state index contributed by atoms with van der Waals surface area (Å²) in [7, 11) is 0. The van der Waals surface area contributed by atoms with E-state index >= 15 is 0 Å². The molecule has 216 valence electrons. The molecule has 1 saturated carbocycles. The normalized spacial score (nSPS) is 20.4. The minimum absolute atomic E-state index is 0.0832. The highest BCUT2D eigenvalue weighted by Crippen LogP contribution is 2.51. The zero-order valence-corrected chi connectivity index (χ0v) is 21.0. The molecule has 2 aliphatic rings. The summed E-state index contributed by atoms with van der Waals surface area (Å²) in [6, 6.07) is 9.63. The SMILES string of the molecule is O=C(O)CCC(=O)N(CCC(F)(F)F)[C@H]1c2ccccc2N(C(=O)c2ccc(OC(F)(F)F)cc2)[C@@H]2CCC[C@@H]21. The van der Waals surface area contributed by atoms with Crippen LogP contribution in [-0.2, 0) is 9.59 Å². The number of benzene rings is 2. The van der Waals surface area contributed by atoms with Gasteiger partial charge in [0.25, 0.3) is 5.91 Å². The van der Waals surface area contributed by atoms with Crippen LogP contribution >= 0.6 is 0 Å². The van der Waals surface area contributed by atoms with Gasteiger partial charge in [-0.05, 0) is 48.7 Å². The number of carboxylic acid groups (broad SMARTS) is 1. The smallest absolute Gasteiger partial charge is 0.481 e. The first-order valence-electron chi connectivity index (χ1n) is 12.6. The van der Waals surface area contributed by atoms with E-state index in [0.29, 0.717) is 30.5 Å². The average Bonchev–Trinajstić information content (AvgIpc) is 3.34. The number of carboxylic acids is 1. The molecule has 0 aromatic heterocycles. The molecule has 0 bridgehead atoms. The molecule has 2 aromatic rings. The fourth-order valence-electron chi connectivity index (χ4n) is 5.65. The fraction of sp³-hybridized carbons (Fsp3) is 0.444. The third-order valence-electron chi connectivity index (χ3n) is 7.18. The maximum absolute atomic E-state index is 13.7. The first-order valence-corrected chi connectivity index (χ1v) is 12.6. The van der Waals surface area contributed by atoms with Crippen molar-refractivity contribution < 1.29 is 50.6 Å². The minimum atomic E-state index is -4.90. The molecule has 0 radical (unpaired) electrons. The van der Waals surface area contributed by atoms with Crippen molar-refractivity contribution in [1.29, 1.82) is 0 Å². The van der Waals surface area contributed by atoms with Crippen molar-refractivity contribution in [3.8, 4) is 5.75 Å². The van der Waals surface area contributed by atoms with Gasteiger partial charge in [0.15, 0.2) is 0 Å². The summed E-state index contributed by atoms with van der Waals surface area (Å²) in [5.74, 6) is -3.43. The highest BCUT2D eigenvalue weighted by atomic mass is 19.4. The molecule has 1 aliphatic heterocycles. The molecule has 0 unspecified atom stereocenters. The molecule has 1 aliphatic carbocycles. The monoisotopic (exact) mass is 572 g/mol. The lowest BCUT2D eigenvalue weighted by atomic mass is 9.81. The number of amides is 2. The number of rotatable bonds is 8. The lowest BCUT2D eigenvalue weighted by Crippen LogP contribution is -2.52. The predicted molar refractivity (Wildman–Crippen MR) is 130 cm³/mol. The van der Waals surface area contributed by atoms with Gasteiger partial charge in [-0.2, -0.15) is 13.2 Å². The summed E-state index contributed by atoms with van der Waals surface area (Å²) in [5, 5.41) is 9.04. The van der Waals surface area contributed by atoms with E-state index in [2.05, 4.69) is 4.74 Å². The Hall–Kier alpha value is -3.77. The molecule has 0 spiro atoms. The van der Waals surface area contributed by atoms with Crippen LogP contribution in [0.3, 0.4) is 0 Å². The Balaban J connectivity index is 1.71. The van der Waals surface area contributed by atoms with Crippen LogP contribution in [0.2, 0.25) is 0 Å². The van der Waals surface area contributed by atoms with Crippen molar-refractivity contribution in [2.24, 2.45) is 5.92 Å². The van der Waals surface area contributed by atoms with Crippen molar-refractivity contribution in [2.45, 2.75) is 63.1 Å². The van der Waals surface area contributed by atoms with Gasteiger partial charge in [0.05, 0.1) is 18.9 Å². The lowest BCUT2D eigenvalue weighted by molar-refractivity contribution is -0.274. The van der Waals surface area contributed by atoms with Crippen molar-refractivity contribution in [2.75, 3.05) is 11.4 Å². The summed E-state index contributed by atoms with van der Waals surface area (Å²) in [4.78, 5) is 40.6. The van der Waals surface area contributed by atoms with Gasteiger partial charge in [-0.1, -0.05) is 24.6 Å². The van der Waals surface area contributed by atoms with E-state index in [9.17, 15) is 40.7 Å². The predicted octanol–water partition coefficient (Wildman–Crippen LogP) is 6.10. The molecule has 13 heteroatoms. The second kappa shape index (κ2) is 11.4. The molecule has 1 fully saturated rings. The van der Waals surface area contributed by atoms with Crippen LogP contribution < -0.4 is 9.64 Å². The Morgan fingerprint density at radius 1 is 0.950 bits per heavy atom. The average molecular weight is 573 g/mol. The summed E-state index contributed by atoms with van der Waals surface area (Å²) < 4.78 is 81.3. The van der Waals surface area contributed by atoms with Crippen LogP contribution in [0.4, 0.5) is 32.0 Å². The molecule has 7 nitrogen and oxygen atoms in total. The summed E-state index contributed by atoms with van der Waals surface area (Å²) in [6.45, 7) is -0.668. The van der Waals surface area contributed by atoms with Gasteiger partial charge in [-0.25, -0.2) is 0 Å². The molecule has 2 amide bonds. The number of anilines is 1. The first-order chi connectivity index (χ1) is 18.7. The van der Waals surface area contributed by atoms with Crippen molar-refractivity contribution in [3.05, 3.63) is 59.7 Å². The number of hydrogen-bond acceptors (Lipinski definition) is 4. The Kier molecular flexibility index (Phi) is 8.31. The zero-order chi connectivity index (χ0) is 29.2. The van der Waals surface area contributed by atoms with E-state index in [1.165, 1.54) is 17.0 Å². The van der Waals surface area contributed by atoms with Crippen LogP contribution in [-0.4, -0.2) is 52.9 Å². The second-order valence-corrected chi connectivity index (χ2v) is 9.76. The van der Waals surface area contributed by atoms with Crippen LogP contribution in [0, 0.1) is 5.92 Å². The second-order valence-electron chi connectivity index (χ2n) is 9.76. The molecule has 1 heterocycles. The molecular weight excluding hydrogens is 546 g/mol. The van der Waals surface area contributed by atoms with E-state index in [1.54, 1.807) is 24.3 Å². The van der Waals surface area contributed by atoms with Gasteiger partial charge < -0.3 is 19.6 Å². The maximum Gasteiger partial charge on any atom is 0.573 e. The van der Waals surface area contributed by atoms with Crippen LogP contribution in [0.15, 0.2) is 48.5 Å². The molecule has 40 heavy (non-hydrogen) atoms. The number of ether oxygens (including phenoxy) is 1. The van der Waals surface area contributed by atoms with Crippen molar-refractivity contribution in [3.63, 3.8) is 0 Å². The minimum Gasteiger partial charge on any atom is -0.481 e. The van der Waals surface area contributed by atoms with Gasteiger partial charge in [0.2, 0.25) is 5.91 Å². The highest BCUT2D eigenvalue weighted by Gasteiger charge is 2.49. The quantitative estimate of drug-likeness (QED) is 0.387. The number of fused-ring (bicyclic) bond motifs is 2. The van der Waals surface area contributed by atoms with Crippen LogP contribution in [0.1, 0.15) is 60.5 Å². The highest BCUT2D eigenvalue weighted by molar-refractivity contribution is 6.07. The largest absolute Gasteiger partial charge is 0.573 e. The van der Waals surface area contributed by atoms with Crippen LogP contribution in [0.5, 0.6) is 5.75 Å². The number of halogens is 6. The van der Waals surface area contributed by atoms with Gasteiger partial charge in [-0.3, -0.25) is 14.4 Å². The Morgan fingerprint density at radius 2 is 1.62 bits per heavy atom. The Morgan fingerprint density at radius 3 is 2.25 bits per heavy atom. The van der Waals surface area contributed by atoms with E-state index in [4.69, 9.17) is 5.11 Å². The van der Waals surface area contributed by atoms with Gasteiger partial charge in [0, 0.05) is 36.2 Å². The number of para-hydroxylation sites is 1. The van der Waals surface area contributed by atoms with E-state index < -0.39 is 79.9 Å². The Bertz CT molecular complexity index is 1250. The van der Waals surface area contributed by atoms with Crippen molar-refractivity contribution in [1.82, 2.24) is 4.90 Å². The Labute approximate surface area is 225 Å². The first kappa shape index (κ1) is 29.2. The maximum atomic E-state index is 13.7. The van der Waals surface area contributed by atoms with E-state index in [1.807, 2.05) is 0 Å². The summed E-state index contributed by atoms with van der Waals surface area (Å²) in [5.41, 5.74) is 0.904. The fourth-order valence-corrected chi connectivity index (χ4v) is 5.65. The zero-order valence-electron chi connectivity index (χ0n) is 21.0. The number of aliphatic carboxylic acids is 1. The molecule has 4 rings (SSSR count). The standard InChI is InChI=1S/C27H26F6N2O5/c28-26(29,30)14-15-34(22(36)12-13-23(37)38)24-18-4-1-2-6-20(18)35(21-7-3-5-19(21)24)25(39)16-8-10-17(11-9-16)40-27(31,32)33/h1-2,4,6,8-11,19,21,24H,3,5,7,12-15H2,(H,37,38)/t19-,21+,24-/m0/s1. The van der Waals surface area contributed by atoms with E-state index in [-0.39, 0.29) is 5.56 Å². The third kappa shape index (κ3) is 6.68. The molecular formula is C27H26F6N2O5. The number of hydrogen-bond donors (Lipinski definition) is 1. The van der Waals surface area contributed by atoms with E-state index in [0.717, 1.165) is 17.0 Å². The third-order valence-corrected chi connectivity index (χ3v) is 7.18. The van der Waals surface area contributed by atoms with Gasteiger partial charge in [0.1, 0.15) is 5.75 Å². The lowest BCUT2D eigenvalue weighted by Gasteiger charge is -2.47. The molecule has 0 saturated heterocycles. The van der Waals surface area contributed by atoms with Gasteiger partial charge >= 0.3 is 18.5 Å². The van der Waals surface area contributed by atoms with Gasteiger partial charge in [-0.15, -0.1) is 13.2 Å². The van der Waals surface area contributed by atoms with Crippen LogP contribution in [0.25, 0.3) is 0 Å². The summed E-state index contributed by atoms with van der Waals surface area (Å²) in [6.07, 6.45) is -10.1. The molecule has 1 N–H and O–H groups in total. The number of alkyl halides is 6. The molecule has 3 atom stereocenters. The molecule has 2 aromatic carbocycles. The number of nitrogens with zero attached hydrogens (tertiary/aromatic N) is 2. The number of carbonyl (C=O) groups excluding carboxylic acids is 2. The topological polar surface area (TPSA) is 87.2 Å². The summed E-state index contributed by atoms with van der Waals surface area (Å²) >= 11 is 0. The van der Waals surface area contributed by atoms with Crippen molar-refractivity contribution >= 4 is 23.5 Å². The number of carbonyl (C=O) groups is 3.